The number of rotatable bonds is 6. The molecule has 0 bridgehead atoms. The lowest BCUT2D eigenvalue weighted by Crippen LogP contribution is -2.24. The van der Waals surface area contributed by atoms with Crippen LogP contribution >= 0.6 is 0 Å². The summed E-state index contributed by atoms with van der Waals surface area (Å²) in [5, 5.41) is 11.1. The summed E-state index contributed by atoms with van der Waals surface area (Å²) in [4.78, 5) is 22.1. The largest absolute Gasteiger partial charge is 0.346 e. The van der Waals surface area contributed by atoms with Crippen molar-refractivity contribution in [1.29, 1.82) is 0 Å². The zero-order chi connectivity index (χ0) is 24.5. The first-order valence-electron chi connectivity index (χ1n) is 10.8. The van der Waals surface area contributed by atoms with E-state index in [4.69, 9.17) is 9.97 Å². The van der Waals surface area contributed by atoms with E-state index in [1.54, 1.807) is 25.1 Å². The van der Waals surface area contributed by atoms with E-state index < -0.39 is 15.7 Å². The monoisotopic (exact) mass is 475 g/mol. The van der Waals surface area contributed by atoms with Gasteiger partial charge in [-0.1, -0.05) is 26.0 Å². The molecule has 0 aliphatic heterocycles. The number of hydrogen-bond donors (Lipinski definition) is 1. The number of fused-ring (bicyclic) bond motifs is 1. The number of amides is 1. The molecule has 4 aromatic rings. The Bertz CT molecular complexity index is 1500. The standard InChI is InChI=1S/C25H25N5O3S/c1-15(2)19-6-5-7-20(27-19)21-10-11-22-23(28-21)13-18(29-30-22)14-26-25(31)17-9-8-16(3)24(12-17)34(4,32)33/h5-13,15H,14H2,1-4H3,(H,26,31). The van der Waals surface area contributed by atoms with Crippen molar-refractivity contribution < 1.29 is 13.2 Å². The van der Waals surface area contributed by atoms with Gasteiger partial charge in [-0.2, -0.15) is 5.10 Å². The topological polar surface area (TPSA) is 115 Å². The quantitative estimate of drug-likeness (QED) is 0.450. The lowest BCUT2D eigenvalue weighted by atomic mass is 10.1. The molecule has 3 heterocycles. The van der Waals surface area contributed by atoms with Crippen molar-refractivity contribution in [3.63, 3.8) is 0 Å². The fraction of sp³-hybridized carbons (Fsp3) is 0.240. The highest BCUT2D eigenvalue weighted by Crippen LogP contribution is 2.21. The fourth-order valence-electron chi connectivity index (χ4n) is 3.52. The second-order valence-electron chi connectivity index (χ2n) is 8.47. The summed E-state index contributed by atoms with van der Waals surface area (Å²) in [5.41, 5.74) is 5.16. The van der Waals surface area contributed by atoms with E-state index >= 15 is 0 Å². The fourth-order valence-corrected chi connectivity index (χ4v) is 4.52. The number of hydrogen-bond acceptors (Lipinski definition) is 7. The predicted molar refractivity (Wildman–Crippen MR) is 130 cm³/mol. The molecular weight excluding hydrogens is 450 g/mol. The van der Waals surface area contributed by atoms with E-state index in [-0.39, 0.29) is 17.0 Å². The number of aryl methyl sites for hydroxylation is 1. The third-order valence-corrected chi connectivity index (χ3v) is 6.64. The molecule has 0 atom stereocenters. The molecule has 4 rings (SSSR count). The van der Waals surface area contributed by atoms with E-state index in [2.05, 4.69) is 29.4 Å². The first-order valence-corrected chi connectivity index (χ1v) is 12.7. The molecule has 0 unspecified atom stereocenters. The highest BCUT2D eigenvalue weighted by atomic mass is 32.2. The van der Waals surface area contributed by atoms with E-state index in [0.717, 1.165) is 23.3 Å². The Balaban J connectivity index is 1.55. The van der Waals surface area contributed by atoms with Crippen LogP contribution in [0.2, 0.25) is 0 Å². The van der Waals surface area contributed by atoms with Gasteiger partial charge >= 0.3 is 0 Å². The molecule has 0 aliphatic carbocycles. The molecule has 1 aromatic carbocycles. The molecular formula is C25H25N5O3S. The SMILES string of the molecule is Cc1ccc(C(=O)NCc2cc3nc(-c4cccc(C(C)C)n4)ccc3nn2)cc1S(C)(=O)=O. The number of pyridine rings is 2. The van der Waals surface area contributed by atoms with Crippen molar-refractivity contribution in [2.24, 2.45) is 0 Å². The van der Waals surface area contributed by atoms with Crippen LogP contribution in [0.1, 0.15) is 47.1 Å². The van der Waals surface area contributed by atoms with Gasteiger partial charge in [0.25, 0.3) is 5.91 Å². The minimum atomic E-state index is -3.43. The Morgan fingerprint density at radius 3 is 2.44 bits per heavy atom. The lowest BCUT2D eigenvalue weighted by molar-refractivity contribution is 0.0950. The van der Waals surface area contributed by atoms with Gasteiger partial charge in [0.1, 0.15) is 5.52 Å². The predicted octanol–water partition coefficient (Wildman–Crippen LogP) is 3.85. The number of benzene rings is 1. The smallest absolute Gasteiger partial charge is 0.251 e. The van der Waals surface area contributed by atoms with Crippen LogP contribution in [-0.4, -0.2) is 40.7 Å². The molecule has 0 saturated carbocycles. The molecule has 9 heteroatoms. The molecule has 3 aromatic heterocycles. The number of sulfone groups is 1. The van der Waals surface area contributed by atoms with Gasteiger partial charge in [0.15, 0.2) is 9.84 Å². The van der Waals surface area contributed by atoms with Crippen LogP contribution in [0.25, 0.3) is 22.4 Å². The molecule has 0 aliphatic rings. The van der Waals surface area contributed by atoms with Crippen LogP contribution < -0.4 is 5.32 Å². The van der Waals surface area contributed by atoms with Crippen LogP contribution in [0.4, 0.5) is 0 Å². The van der Waals surface area contributed by atoms with Crippen LogP contribution in [-0.2, 0) is 16.4 Å². The summed E-state index contributed by atoms with van der Waals surface area (Å²) in [6, 6.07) is 16.0. The normalized spacial score (nSPS) is 11.7. The number of nitrogens with one attached hydrogen (secondary N) is 1. The summed E-state index contributed by atoms with van der Waals surface area (Å²) in [6.45, 7) is 6.00. The minimum Gasteiger partial charge on any atom is -0.346 e. The number of carbonyl (C=O) groups excluding carboxylic acids is 1. The zero-order valence-electron chi connectivity index (χ0n) is 19.4. The van der Waals surface area contributed by atoms with E-state index in [9.17, 15) is 13.2 Å². The number of aromatic nitrogens is 4. The summed E-state index contributed by atoms with van der Waals surface area (Å²) >= 11 is 0. The Morgan fingerprint density at radius 2 is 1.71 bits per heavy atom. The third-order valence-electron chi connectivity index (χ3n) is 5.40. The highest BCUT2D eigenvalue weighted by Gasteiger charge is 2.15. The molecule has 34 heavy (non-hydrogen) atoms. The Kier molecular flexibility index (Phi) is 6.39. The molecule has 1 amide bonds. The average molecular weight is 476 g/mol. The third kappa shape index (κ3) is 5.09. The van der Waals surface area contributed by atoms with Gasteiger partial charge in [-0.05, 0) is 60.9 Å². The first-order chi connectivity index (χ1) is 16.1. The van der Waals surface area contributed by atoms with Crippen molar-refractivity contribution in [1.82, 2.24) is 25.5 Å². The summed E-state index contributed by atoms with van der Waals surface area (Å²) in [6.07, 6.45) is 1.12. The van der Waals surface area contributed by atoms with Crippen molar-refractivity contribution >= 4 is 26.8 Å². The minimum absolute atomic E-state index is 0.122. The Hall–Kier alpha value is -3.72. The highest BCUT2D eigenvalue weighted by molar-refractivity contribution is 7.90. The van der Waals surface area contributed by atoms with E-state index in [0.29, 0.717) is 28.2 Å². The van der Waals surface area contributed by atoms with Gasteiger partial charge in [0.2, 0.25) is 0 Å². The molecule has 0 fully saturated rings. The van der Waals surface area contributed by atoms with Crippen LogP contribution in [0.5, 0.6) is 0 Å². The van der Waals surface area contributed by atoms with Gasteiger partial charge in [0, 0.05) is 17.5 Å². The summed E-state index contributed by atoms with van der Waals surface area (Å²) in [7, 11) is -3.43. The second-order valence-corrected chi connectivity index (χ2v) is 10.5. The Labute approximate surface area is 198 Å². The average Bonchev–Trinajstić information content (AvgIpc) is 2.81. The molecule has 0 spiro atoms. The molecule has 1 N–H and O–H groups in total. The zero-order valence-corrected chi connectivity index (χ0v) is 20.2. The maximum Gasteiger partial charge on any atom is 0.251 e. The van der Waals surface area contributed by atoms with E-state index in [1.807, 2.05) is 30.3 Å². The van der Waals surface area contributed by atoms with Crippen molar-refractivity contribution in [3.8, 4) is 11.4 Å². The number of nitrogens with zero attached hydrogens (tertiary/aromatic N) is 4. The van der Waals surface area contributed by atoms with Crippen LogP contribution in [0, 0.1) is 6.92 Å². The van der Waals surface area contributed by atoms with Crippen LogP contribution in [0.3, 0.4) is 0 Å². The maximum atomic E-state index is 12.6. The second kappa shape index (κ2) is 9.26. The van der Waals surface area contributed by atoms with Crippen LogP contribution in [0.15, 0.2) is 59.5 Å². The lowest BCUT2D eigenvalue weighted by Gasteiger charge is -2.09. The van der Waals surface area contributed by atoms with Crippen molar-refractivity contribution in [3.05, 3.63) is 77.1 Å². The molecule has 0 saturated heterocycles. The van der Waals surface area contributed by atoms with Crippen molar-refractivity contribution in [2.45, 2.75) is 38.1 Å². The first kappa shape index (κ1) is 23.4. The van der Waals surface area contributed by atoms with Gasteiger partial charge in [-0.25, -0.2) is 13.4 Å². The van der Waals surface area contributed by atoms with E-state index in [1.165, 1.54) is 6.07 Å². The van der Waals surface area contributed by atoms with Crippen molar-refractivity contribution in [2.75, 3.05) is 6.26 Å². The maximum absolute atomic E-state index is 12.6. The van der Waals surface area contributed by atoms with Gasteiger partial charge in [0.05, 0.1) is 34.0 Å². The Morgan fingerprint density at radius 1 is 0.941 bits per heavy atom. The van der Waals surface area contributed by atoms with Gasteiger partial charge < -0.3 is 5.32 Å². The summed E-state index contributed by atoms with van der Waals surface area (Å²) < 4.78 is 23.9. The number of carbonyl (C=O) groups is 1. The molecule has 174 valence electrons. The van der Waals surface area contributed by atoms with Gasteiger partial charge in [-0.15, -0.1) is 5.10 Å². The van der Waals surface area contributed by atoms with Gasteiger partial charge in [-0.3, -0.25) is 9.78 Å². The molecule has 0 radical (unpaired) electrons. The molecule has 8 nitrogen and oxygen atoms in total. The summed E-state index contributed by atoms with van der Waals surface area (Å²) in [5.74, 6) is -0.0910.